The molecule has 0 saturated carbocycles. The molecule has 0 saturated heterocycles. The first kappa shape index (κ1) is 13.3. The lowest BCUT2D eigenvalue weighted by molar-refractivity contribution is -0.131. The van der Waals surface area contributed by atoms with E-state index in [4.69, 9.17) is 13.7 Å². The summed E-state index contributed by atoms with van der Waals surface area (Å²) in [4.78, 5) is 10.7. The van der Waals surface area contributed by atoms with Crippen LogP contribution in [0.4, 0.5) is 0 Å². The van der Waals surface area contributed by atoms with E-state index >= 15 is 0 Å². The summed E-state index contributed by atoms with van der Waals surface area (Å²) in [5.74, 6) is -0.0425. The van der Waals surface area contributed by atoms with Crippen molar-refractivity contribution in [3.05, 3.63) is 18.2 Å². The van der Waals surface area contributed by atoms with E-state index in [0.29, 0.717) is 0 Å². The van der Waals surface area contributed by atoms with E-state index in [9.17, 15) is 13.2 Å². The molecule has 1 aromatic rings. The highest BCUT2D eigenvalue weighted by Gasteiger charge is 2.12. The first-order valence-electron chi connectivity index (χ1n) is 4.58. The Labute approximate surface area is 99.2 Å². The molecular formula is C10H12O6S. The van der Waals surface area contributed by atoms with Crippen LogP contribution in [0.25, 0.3) is 0 Å². The molecule has 1 rings (SSSR count). The Morgan fingerprint density at radius 1 is 1.24 bits per heavy atom. The maximum absolute atomic E-state index is 11.0. The van der Waals surface area contributed by atoms with E-state index in [1.54, 1.807) is 0 Å². The average Bonchev–Trinajstić information content (AvgIpc) is 2.17. The number of carbonyl (C=O) groups is 1. The third-order valence-corrected chi connectivity index (χ3v) is 2.12. The monoisotopic (exact) mass is 260 g/mol. The summed E-state index contributed by atoms with van der Waals surface area (Å²) in [6.45, 7) is 1.26. The molecule has 17 heavy (non-hydrogen) atoms. The highest BCUT2D eigenvalue weighted by Crippen LogP contribution is 2.32. The zero-order valence-electron chi connectivity index (χ0n) is 9.59. The fraction of sp³-hybridized carbons (Fsp3) is 0.300. The van der Waals surface area contributed by atoms with Gasteiger partial charge in [0, 0.05) is 13.0 Å². The molecule has 1 aromatic carbocycles. The highest BCUT2D eigenvalue weighted by molar-refractivity contribution is 7.86. The number of hydrogen-bond acceptors (Lipinski definition) is 6. The van der Waals surface area contributed by atoms with Gasteiger partial charge in [-0.3, -0.25) is 4.79 Å². The Bertz CT molecular complexity index is 520. The van der Waals surface area contributed by atoms with Gasteiger partial charge < -0.3 is 13.7 Å². The fourth-order valence-corrected chi connectivity index (χ4v) is 1.57. The number of esters is 1. The van der Waals surface area contributed by atoms with Gasteiger partial charge in [-0.1, -0.05) is 0 Å². The number of rotatable bonds is 4. The SMILES string of the molecule is COc1cc(OC(C)=O)ccc1OS(C)(=O)=O. The Morgan fingerprint density at radius 2 is 1.88 bits per heavy atom. The molecule has 0 aromatic heterocycles. The molecular weight excluding hydrogens is 248 g/mol. The van der Waals surface area contributed by atoms with Gasteiger partial charge in [0.25, 0.3) is 0 Å². The van der Waals surface area contributed by atoms with Crippen molar-refractivity contribution < 1.29 is 26.9 Å². The minimum absolute atomic E-state index is 0.0332. The van der Waals surface area contributed by atoms with Crippen molar-refractivity contribution in [3.8, 4) is 17.2 Å². The summed E-state index contributed by atoms with van der Waals surface area (Å²) < 4.78 is 36.4. The fourth-order valence-electron chi connectivity index (χ4n) is 1.11. The molecule has 0 aliphatic carbocycles. The van der Waals surface area contributed by atoms with Crippen LogP contribution in [0.1, 0.15) is 6.92 Å². The van der Waals surface area contributed by atoms with Gasteiger partial charge >= 0.3 is 16.1 Å². The minimum atomic E-state index is -3.63. The second-order valence-electron chi connectivity index (χ2n) is 3.19. The lowest BCUT2D eigenvalue weighted by atomic mass is 10.3. The van der Waals surface area contributed by atoms with Gasteiger partial charge in [-0.15, -0.1) is 0 Å². The maximum Gasteiger partial charge on any atom is 0.308 e. The lowest BCUT2D eigenvalue weighted by Gasteiger charge is -2.09. The molecule has 0 heterocycles. The minimum Gasteiger partial charge on any atom is -0.493 e. The smallest absolute Gasteiger partial charge is 0.308 e. The summed E-state index contributed by atoms with van der Waals surface area (Å²) >= 11 is 0. The maximum atomic E-state index is 11.0. The Hall–Kier alpha value is -1.76. The normalized spacial score (nSPS) is 10.8. The van der Waals surface area contributed by atoms with Gasteiger partial charge in [-0.05, 0) is 12.1 Å². The quantitative estimate of drug-likeness (QED) is 0.456. The molecule has 0 spiro atoms. The van der Waals surface area contributed by atoms with Crippen molar-refractivity contribution >= 4 is 16.1 Å². The van der Waals surface area contributed by atoms with Crippen LogP contribution in [-0.2, 0) is 14.9 Å². The van der Waals surface area contributed by atoms with Crippen molar-refractivity contribution in [1.82, 2.24) is 0 Å². The summed E-state index contributed by atoms with van der Waals surface area (Å²) in [6.07, 6.45) is 0.923. The number of methoxy groups -OCH3 is 1. The molecule has 0 N–H and O–H groups in total. The number of carbonyl (C=O) groups excluding carboxylic acids is 1. The van der Waals surface area contributed by atoms with Crippen molar-refractivity contribution in [2.75, 3.05) is 13.4 Å². The highest BCUT2D eigenvalue weighted by atomic mass is 32.2. The molecule has 6 nitrogen and oxygen atoms in total. The predicted molar refractivity (Wildman–Crippen MR) is 59.8 cm³/mol. The van der Waals surface area contributed by atoms with Crippen molar-refractivity contribution in [3.63, 3.8) is 0 Å². The average molecular weight is 260 g/mol. The zero-order chi connectivity index (χ0) is 13.1. The number of benzene rings is 1. The van der Waals surface area contributed by atoms with E-state index in [1.807, 2.05) is 0 Å². The van der Waals surface area contributed by atoms with E-state index in [-0.39, 0.29) is 17.2 Å². The van der Waals surface area contributed by atoms with Crippen LogP contribution in [0, 0.1) is 0 Å². The predicted octanol–water partition coefficient (Wildman–Crippen LogP) is 0.959. The molecule has 0 unspecified atom stereocenters. The first-order valence-corrected chi connectivity index (χ1v) is 6.39. The molecule has 0 atom stereocenters. The van der Waals surface area contributed by atoms with E-state index in [1.165, 1.54) is 32.2 Å². The Balaban J connectivity index is 3.05. The largest absolute Gasteiger partial charge is 0.493 e. The standard InChI is InChI=1S/C10H12O6S/c1-7(11)15-8-4-5-9(10(6-8)14-2)16-17(3,12)13/h4-6H,1-3H3. The Kier molecular flexibility index (Phi) is 3.95. The number of ether oxygens (including phenoxy) is 2. The van der Waals surface area contributed by atoms with Gasteiger partial charge in [-0.25, -0.2) is 0 Å². The second-order valence-corrected chi connectivity index (χ2v) is 4.77. The molecule has 0 bridgehead atoms. The third-order valence-electron chi connectivity index (χ3n) is 1.64. The van der Waals surface area contributed by atoms with Crippen molar-refractivity contribution in [2.24, 2.45) is 0 Å². The van der Waals surface area contributed by atoms with E-state index in [0.717, 1.165) is 6.26 Å². The van der Waals surface area contributed by atoms with E-state index in [2.05, 4.69) is 0 Å². The molecule has 0 amide bonds. The van der Waals surface area contributed by atoms with Crippen LogP contribution in [0.2, 0.25) is 0 Å². The first-order chi connectivity index (χ1) is 7.81. The van der Waals surface area contributed by atoms with Gasteiger partial charge in [0.15, 0.2) is 11.5 Å². The topological polar surface area (TPSA) is 78.9 Å². The summed E-state index contributed by atoms with van der Waals surface area (Å²) in [7, 11) is -2.28. The summed E-state index contributed by atoms with van der Waals surface area (Å²) in [6, 6.07) is 4.12. The van der Waals surface area contributed by atoms with Crippen molar-refractivity contribution in [1.29, 1.82) is 0 Å². The van der Waals surface area contributed by atoms with Crippen LogP contribution in [0.3, 0.4) is 0 Å². The van der Waals surface area contributed by atoms with Gasteiger partial charge in [-0.2, -0.15) is 8.42 Å². The molecule has 7 heteroatoms. The molecule has 0 radical (unpaired) electrons. The van der Waals surface area contributed by atoms with Crippen LogP contribution in [0.5, 0.6) is 17.2 Å². The molecule has 94 valence electrons. The van der Waals surface area contributed by atoms with Crippen LogP contribution < -0.4 is 13.7 Å². The van der Waals surface area contributed by atoms with Gasteiger partial charge in [0.2, 0.25) is 0 Å². The Morgan fingerprint density at radius 3 is 2.35 bits per heavy atom. The lowest BCUT2D eigenvalue weighted by Crippen LogP contribution is -2.07. The second kappa shape index (κ2) is 5.05. The van der Waals surface area contributed by atoms with Gasteiger partial charge in [0.05, 0.1) is 13.4 Å². The van der Waals surface area contributed by atoms with E-state index < -0.39 is 16.1 Å². The molecule has 0 aliphatic rings. The van der Waals surface area contributed by atoms with Crippen LogP contribution in [-0.4, -0.2) is 27.8 Å². The van der Waals surface area contributed by atoms with Crippen LogP contribution in [0.15, 0.2) is 18.2 Å². The number of hydrogen-bond donors (Lipinski definition) is 0. The molecule has 0 aliphatic heterocycles. The van der Waals surface area contributed by atoms with Crippen molar-refractivity contribution in [2.45, 2.75) is 6.92 Å². The zero-order valence-corrected chi connectivity index (χ0v) is 10.4. The summed E-state index contributed by atoms with van der Waals surface area (Å²) in [5, 5.41) is 0. The third kappa shape index (κ3) is 4.31. The summed E-state index contributed by atoms with van der Waals surface area (Å²) in [5.41, 5.74) is 0. The molecule has 0 fully saturated rings. The van der Waals surface area contributed by atoms with Gasteiger partial charge in [0.1, 0.15) is 5.75 Å². The van der Waals surface area contributed by atoms with Crippen LogP contribution >= 0.6 is 0 Å².